The second kappa shape index (κ2) is 8.96. The van der Waals surface area contributed by atoms with E-state index >= 15 is 0 Å². The van der Waals surface area contributed by atoms with Crippen LogP contribution >= 0.6 is 0 Å². The summed E-state index contributed by atoms with van der Waals surface area (Å²) < 4.78 is 12.0. The molecule has 1 heterocycles. The summed E-state index contributed by atoms with van der Waals surface area (Å²) in [4.78, 5) is 27.4. The minimum atomic E-state index is -0.275. The normalized spacial score (nSPS) is 11.5. The van der Waals surface area contributed by atoms with Crippen LogP contribution in [0, 0.1) is 6.92 Å². The number of rotatable bonds is 6. The van der Waals surface area contributed by atoms with Gasteiger partial charge >= 0.3 is 0 Å². The van der Waals surface area contributed by atoms with E-state index in [9.17, 15) is 9.59 Å². The molecule has 0 radical (unpaired) electrons. The highest BCUT2D eigenvalue weighted by Crippen LogP contribution is 2.33. The van der Waals surface area contributed by atoms with E-state index in [1.807, 2.05) is 57.2 Å². The molecule has 5 heteroatoms. The zero-order valence-corrected chi connectivity index (χ0v) is 19.2. The third kappa shape index (κ3) is 4.82. The number of aryl methyl sites for hydroxylation is 1. The predicted octanol–water partition coefficient (Wildman–Crippen LogP) is 5.31. The molecule has 5 nitrogen and oxygen atoms in total. The van der Waals surface area contributed by atoms with Gasteiger partial charge in [-0.05, 0) is 49.4 Å². The fraction of sp³-hybridized carbons (Fsp3) is 0.385. The van der Waals surface area contributed by atoms with Crippen molar-refractivity contribution >= 4 is 16.9 Å². The van der Waals surface area contributed by atoms with Crippen molar-refractivity contribution in [1.29, 1.82) is 0 Å². The van der Waals surface area contributed by atoms with Gasteiger partial charge in [0.1, 0.15) is 5.58 Å². The minimum Gasteiger partial charge on any atom is -0.476 e. The Morgan fingerprint density at radius 2 is 1.68 bits per heavy atom. The van der Waals surface area contributed by atoms with Crippen molar-refractivity contribution in [2.45, 2.75) is 47.0 Å². The maximum Gasteiger partial charge on any atom is 0.260 e. The summed E-state index contributed by atoms with van der Waals surface area (Å²) in [6.45, 7) is 13.2. The zero-order valence-electron chi connectivity index (χ0n) is 19.2. The molecule has 0 bridgehead atoms. The molecule has 0 aliphatic rings. The third-order valence-electron chi connectivity index (χ3n) is 5.48. The van der Waals surface area contributed by atoms with E-state index < -0.39 is 0 Å². The zero-order chi connectivity index (χ0) is 22.8. The monoisotopic (exact) mass is 421 g/mol. The van der Waals surface area contributed by atoms with Crippen LogP contribution in [-0.2, 0) is 10.2 Å². The number of fused-ring (bicyclic) bond motifs is 1. The van der Waals surface area contributed by atoms with Gasteiger partial charge in [-0.25, -0.2) is 0 Å². The molecule has 0 saturated heterocycles. The number of ether oxygens (including phenoxy) is 1. The molecule has 1 amide bonds. The second-order valence-electron chi connectivity index (χ2n) is 8.77. The lowest BCUT2D eigenvalue weighted by molar-refractivity contribution is -0.132. The molecule has 0 fully saturated rings. The molecule has 0 aliphatic carbocycles. The first-order valence-corrected chi connectivity index (χ1v) is 10.7. The van der Waals surface area contributed by atoms with Gasteiger partial charge in [0.15, 0.2) is 12.4 Å². The highest BCUT2D eigenvalue weighted by molar-refractivity contribution is 5.83. The summed E-state index contributed by atoms with van der Waals surface area (Å²) in [7, 11) is 0. The van der Waals surface area contributed by atoms with Crippen LogP contribution in [0.25, 0.3) is 22.3 Å². The molecule has 0 aliphatic heterocycles. The molecule has 31 heavy (non-hydrogen) atoms. The number of carbonyl (C=O) groups is 1. The van der Waals surface area contributed by atoms with Gasteiger partial charge in [-0.3, -0.25) is 9.59 Å². The summed E-state index contributed by atoms with van der Waals surface area (Å²) >= 11 is 0. The molecule has 164 valence electrons. The molecule has 0 atom stereocenters. The van der Waals surface area contributed by atoms with Gasteiger partial charge in [0, 0.05) is 18.7 Å². The van der Waals surface area contributed by atoms with E-state index in [4.69, 9.17) is 9.15 Å². The third-order valence-corrected chi connectivity index (χ3v) is 5.48. The molecule has 2 aromatic carbocycles. The molecule has 0 saturated carbocycles. The number of benzene rings is 2. The van der Waals surface area contributed by atoms with Crippen molar-refractivity contribution in [2.75, 3.05) is 19.7 Å². The second-order valence-corrected chi connectivity index (χ2v) is 8.77. The Morgan fingerprint density at radius 1 is 1.03 bits per heavy atom. The predicted molar refractivity (Wildman–Crippen MR) is 125 cm³/mol. The van der Waals surface area contributed by atoms with Crippen molar-refractivity contribution in [1.82, 2.24) is 4.90 Å². The first-order chi connectivity index (χ1) is 14.7. The summed E-state index contributed by atoms with van der Waals surface area (Å²) in [6, 6.07) is 13.4. The highest BCUT2D eigenvalue weighted by Gasteiger charge is 2.21. The molecule has 1 aromatic heterocycles. The van der Waals surface area contributed by atoms with Gasteiger partial charge in [-0.2, -0.15) is 0 Å². The van der Waals surface area contributed by atoms with Crippen molar-refractivity contribution < 1.29 is 13.9 Å². The number of nitrogens with zero attached hydrogens (tertiary/aromatic N) is 1. The van der Waals surface area contributed by atoms with E-state index in [1.54, 1.807) is 11.0 Å². The van der Waals surface area contributed by atoms with Gasteiger partial charge in [0.25, 0.3) is 5.91 Å². The Balaban J connectivity index is 2.10. The molecular weight excluding hydrogens is 390 g/mol. The Bertz CT molecular complexity index is 1130. The van der Waals surface area contributed by atoms with Crippen LogP contribution in [0.2, 0.25) is 0 Å². The fourth-order valence-corrected chi connectivity index (χ4v) is 3.53. The molecular formula is C26H31NO4. The van der Waals surface area contributed by atoms with Crippen LogP contribution in [0.15, 0.2) is 51.7 Å². The van der Waals surface area contributed by atoms with Crippen LogP contribution in [0.1, 0.15) is 45.7 Å². The maximum absolute atomic E-state index is 13.3. The first-order valence-electron chi connectivity index (χ1n) is 10.7. The summed E-state index contributed by atoms with van der Waals surface area (Å²) in [5.41, 5.74) is 3.14. The minimum absolute atomic E-state index is 0.00930. The number of likely N-dealkylation sites (N-methyl/N-ethyl adjacent to an activating group) is 1. The topological polar surface area (TPSA) is 59.8 Å². The molecule has 0 unspecified atom stereocenters. The number of carbonyl (C=O) groups excluding carboxylic acids is 1. The van der Waals surface area contributed by atoms with Gasteiger partial charge in [-0.1, -0.05) is 51.1 Å². The van der Waals surface area contributed by atoms with Gasteiger partial charge in [0.2, 0.25) is 11.2 Å². The number of hydrogen-bond acceptors (Lipinski definition) is 4. The summed E-state index contributed by atoms with van der Waals surface area (Å²) in [5, 5.41) is 0.436. The molecule has 0 spiro atoms. The van der Waals surface area contributed by atoms with Crippen LogP contribution in [0.3, 0.4) is 0 Å². The lowest BCUT2D eigenvalue weighted by Gasteiger charge is -2.20. The number of amides is 1. The van der Waals surface area contributed by atoms with Crippen LogP contribution in [0.4, 0.5) is 0 Å². The van der Waals surface area contributed by atoms with E-state index in [2.05, 4.69) is 20.8 Å². The smallest absolute Gasteiger partial charge is 0.260 e. The van der Waals surface area contributed by atoms with Crippen molar-refractivity contribution in [2.24, 2.45) is 0 Å². The Hall–Kier alpha value is -3.08. The van der Waals surface area contributed by atoms with Crippen LogP contribution in [0.5, 0.6) is 5.75 Å². The van der Waals surface area contributed by atoms with Crippen LogP contribution in [-0.4, -0.2) is 30.5 Å². The average Bonchev–Trinajstić information content (AvgIpc) is 2.73. The van der Waals surface area contributed by atoms with E-state index in [0.717, 1.165) is 11.1 Å². The lowest BCUT2D eigenvalue weighted by Crippen LogP contribution is -2.35. The van der Waals surface area contributed by atoms with Crippen LogP contribution < -0.4 is 10.2 Å². The summed E-state index contributed by atoms with van der Waals surface area (Å²) in [5.74, 6) is 0.249. The van der Waals surface area contributed by atoms with E-state index in [1.165, 1.54) is 5.56 Å². The van der Waals surface area contributed by atoms with E-state index in [-0.39, 0.29) is 29.1 Å². The molecule has 0 N–H and O–H groups in total. The highest BCUT2D eigenvalue weighted by atomic mass is 16.5. The first kappa shape index (κ1) is 22.6. The van der Waals surface area contributed by atoms with Crippen molar-refractivity contribution in [3.05, 3.63) is 63.8 Å². The van der Waals surface area contributed by atoms with Gasteiger partial charge < -0.3 is 14.1 Å². The van der Waals surface area contributed by atoms with Crippen molar-refractivity contribution in [3.8, 4) is 17.1 Å². The quantitative estimate of drug-likeness (QED) is 0.541. The summed E-state index contributed by atoms with van der Waals surface area (Å²) in [6.07, 6.45) is 0. The van der Waals surface area contributed by atoms with Gasteiger partial charge in [0.05, 0.1) is 5.39 Å². The standard InChI is InChI=1S/C26H31NO4/c1-7-27(8-2)22(28)16-30-25-23(29)20-14-9-17(3)15-21(20)31-24(25)18-10-12-19(13-11-18)26(4,5)6/h9-15H,7-8,16H2,1-6H3. The van der Waals surface area contributed by atoms with Gasteiger partial charge in [-0.15, -0.1) is 0 Å². The molecule has 3 rings (SSSR count). The Morgan fingerprint density at radius 3 is 2.26 bits per heavy atom. The van der Waals surface area contributed by atoms with Crippen molar-refractivity contribution in [3.63, 3.8) is 0 Å². The maximum atomic E-state index is 13.3. The lowest BCUT2D eigenvalue weighted by atomic mass is 9.86. The molecule has 3 aromatic rings. The largest absolute Gasteiger partial charge is 0.476 e. The SMILES string of the molecule is CCN(CC)C(=O)COc1c(-c2ccc(C(C)(C)C)cc2)oc2cc(C)ccc2c1=O. The Kier molecular flexibility index (Phi) is 6.54. The van der Waals surface area contributed by atoms with E-state index in [0.29, 0.717) is 29.8 Å². The number of hydrogen-bond donors (Lipinski definition) is 0. The average molecular weight is 422 g/mol. The fourth-order valence-electron chi connectivity index (χ4n) is 3.53. The Labute approximate surface area is 183 Å².